The number of aromatic nitrogens is 1. The van der Waals surface area contributed by atoms with E-state index >= 15 is 0 Å². The maximum atomic E-state index is 11.0. The first kappa shape index (κ1) is 13.6. The Labute approximate surface area is 123 Å². The zero-order chi connectivity index (χ0) is 14.9. The fourth-order valence-corrected chi connectivity index (χ4v) is 2.47. The predicted molar refractivity (Wildman–Crippen MR) is 83.4 cm³/mol. The summed E-state index contributed by atoms with van der Waals surface area (Å²) in [6.07, 6.45) is 1.77. The number of benzene rings is 2. The second kappa shape index (κ2) is 5.19. The number of pyridine rings is 1. The molecule has 0 aliphatic rings. The normalized spacial score (nSPS) is 13.9. The Kier molecular flexibility index (Phi) is 3.35. The molecule has 2 aromatic carbocycles. The highest BCUT2D eigenvalue weighted by Crippen LogP contribution is 2.32. The summed E-state index contributed by atoms with van der Waals surface area (Å²) in [6, 6.07) is 17.2. The summed E-state index contributed by atoms with van der Waals surface area (Å²) < 4.78 is 5.24. The minimum atomic E-state index is -1.08. The minimum Gasteiger partial charge on any atom is -0.497 e. The summed E-state index contributed by atoms with van der Waals surface area (Å²) in [6.45, 7) is 1.79. The van der Waals surface area contributed by atoms with Gasteiger partial charge in [-0.3, -0.25) is 4.98 Å². The largest absolute Gasteiger partial charge is 0.497 e. The van der Waals surface area contributed by atoms with Gasteiger partial charge in [-0.25, -0.2) is 0 Å². The van der Waals surface area contributed by atoms with Crippen LogP contribution in [0.1, 0.15) is 18.1 Å². The molecule has 1 unspecified atom stereocenters. The van der Waals surface area contributed by atoms with Gasteiger partial charge in [0.15, 0.2) is 0 Å². The van der Waals surface area contributed by atoms with Gasteiger partial charge in [0.05, 0.1) is 12.6 Å². The number of rotatable bonds is 3. The third-order valence-electron chi connectivity index (χ3n) is 3.80. The highest BCUT2D eigenvalue weighted by molar-refractivity contribution is 5.79. The van der Waals surface area contributed by atoms with Gasteiger partial charge >= 0.3 is 0 Å². The molecular weight excluding hydrogens is 262 g/mol. The maximum absolute atomic E-state index is 11.0. The molecule has 0 bridgehead atoms. The molecule has 1 N–H and O–H groups in total. The van der Waals surface area contributed by atoms with E-state index < -0.39 is 5.60 Å². The van der Waals surface area contributed by atoms with Crippen LogP contribution in [0.15, 0.2) is 60.8 Å². The van der Waals surface area contributed by atoms with Crippen LogP contribution in [0.5, 0.6) is 5.75 Å². The second-order valence-electron chi connectivity index (χ2n) is 5.22. The lowest BCUT2D eigenvalue weighted by molar-refractivity contribution is 0.102. The van der Waals surface area contributed by atoms with E-state index in [9.17, 15) is 5.11 Å². The van der Waals surface area contributed by atoms with E-state index in [-0.39, 0.29) is 0 Å². The molecule has 106 valence electrons. The molecule has 0 amide bonds. The van der Waals surface area contributed by atoms with Gasteiger partial charge in [0.1, 0.15) is 11.4 Å². The van der Waals surface area contributed by atoms with Crippen LogP contribution in [0, 0.1) is 0 Å². The van der Waals surface area contributed by atoms with Crippen LogP contribution in [-0.2, 0) is 5.60 Å². The summed E-state index contributed by atoms with van der Waals surface area (Å²) in [5.41, 5.74) is 1.46. The van der Waals surface area contributed by atoms with E-state index in [1.807, 2.05) is 54.6 Å². The van der Waals surface area contributed by atoms with Crippen molar-refractivity contribution in [2.75, 3.05) is 7.11 Å². The highest BCUT2D eigenvalue weighted by atomic mass is 16.5. The summed E-state index contributed by atoms with van der Waals surface area (Å²) in [5.74, 6) is 0.732. The van der Waals surface area contributed by atoms with Gasteiger partial charge < -0.3 is 9.84 Å². The molecule has 3 aromatic rings. The van der Waals surface area contributed by atoms with Crippen LogP contribution in [-0.4, -0.2) is 17.2 Å². The van der Waals surface area contributed by atoms with Gasteiger partial charge in [0.2, 0.25) is 0 Å². The Balaban J connectivity index is 2.09. The predicted octanol–water partition coefficient (Wildman–Crippen LogP) is 3.50. The van der Waals surface area contributed by atoms with Gasteiger partial charge in [-0.05, 0) is 48.4 Å². The molecule has 0 saturated heterocycles. The lowest BCUT2D eigenvalue weighted by Gasteiger charge is -2.25. The zero-order valence-corrected chi connectivity index (χ0v) is 12.1. The van der Waals surface area contributed by atoms with Crippen molar-refractivity contribution in [2.45, 2.75) is 12.5 Å². The van der Waals surface area contributed by atoms with Gasteiger partial charge in [-0.1, -0.05) is 24.3 Å². The Morgan fingerprint density at radius 2 is 1.81 bits per heavy atom. The van der Waals surface area contributed by atoms with Crippen molar-refractivity contribution in [3.05, 3.63) is 71.9 Å². The number of nitrogens with zero attached hydrogens (tertiary/aromatic N) is 1. The third-order valence-corrected chi connectivity index (χ3v) is 3.80. The standard InChI is InChI=1S/C18H17NO2/c1-18(20,14-6-3-7-16(12-14)21-2)15-8-9-17-13(11-15)5-4-10-19-17/h3-12,20H,1-2H3. The number of fused-ring (bicyclic) bond motifs is 1. The van der Waals surface area contributed by atoms with Crippen LogP contribution in [0.2, 0.25) is 0 Å². The molecule has 3 heteroatoms. The summed E-state index contributed by atoms with van der Waals surface area (Å²) >= 11 is 0. The van der Waals surface area contributed by atoms with Crippen LogP contribution in [0.4, 0.5) is 0 Å². The average molecular weight is 279 g/mol. The number of aliphatic hydroxyl groups is 1. The second-order valence-corrected chi connectivity index (χ2v) is 5.22. The Bertz CT molecular complexity index is 781. The lowest BCUT2D eigenvalue weighted by atomic mass is 9.87. The monoisotopic (exact) mass is 279 g/mol. The molecule has 1 heterocycles. The molecule has 0 fully saturated rings. The molecule has 1 aromatic heterocycles. The Hall–Kier alpha value is -2.39. The number of ether oxygens (including phenoxy) is 1. The van der Waals surface area contributed by atoms with E-state index in [0.717, 1.165) is 27.8 Å². The first-order valence-corrected chi connectivity index (χ1v) is 6.83. The minimum absolute atomic E-state index is 0.732. The van der Waals surface area contributed by atoms with Crippen molar-refractivity contribution in [3.63, 3.8) is 0 Å². The molecular formula is C18H17NO2. The fourth-order valence-electron chi connectivity index (χ4n) is 2.47. The molecule has 0 aliphatic heterocycles. The van der Waals surface area contributed by atoms with Gasteiger partial charge in [-0.15, -0.1) is 0 Å². The van der Waals surface area contributed by atoms with E-state index in [1.165, 1.54) is 0 Å². The van der Waals surface area contributed by atoms with Crippen LogP contribution < -0.4 is 4.74 Å². The van der Waals surface area contributed by atoms with Crippen molar-refractivity contribution in [3.8, 4) is 5.75 Å². The maximum Gasteiger partial charge on any atom is 0.119 e. The zero-order valence-electron chi connectivity index (χ0n) is 12.1. The first-order valence-electron chi connectivity index (χ1n) is 6.83. The van der Waals surface area contributed by atoms with E-state index in [4.69, 9.17) is 4.74 Å². The number of methoxy groups -OCH3 is 1. The summed E-state index contributed by atoms with van der Waals surface area (Å²) in [5, 5.41) is 12.0. The molecule has 3 rings (SSSR count). The van der Waals surface area contributed by atoms with Crippen LogP contribution in [0.3, 0.4) is 0 Å². The third kappa shape index (κ3) is 2.48. The first-order chi connectivity index (χ1) is 10.1. The number of hydrogen-bond donors (Lipinski definition) is 1. The Morgan fingerprint density at radius 1 is 1.00 bits per heavy atom. The molecule has 0 spiro atoms. The quantitative estimate of drug-likeness (QED) is 0.798. The molecule has 0 aliphatic carbocycles. The van der Waals surface area contributed by atoms with Gasteiger partial charge in [-0.2, -0.15) is 0 Å². The molecule has 3 nitrogen and oxygen atoms in total. The van der Waals surface area contributed by atoms with Crippen LogP contribution >= 0.6 is 0 Å². The van der Waals surface area contributed by atoms with Crippen molar-refractivity contribution < 1.29 is 9.84 Å². The van der Waals surface area contributed by atoms with Gasteiger partial charge in [0.25, 0.3) is 0 Å². The van der Waals surface area contributed by atoms with E-state index in [2.05, 4.69) is 4.98 Å². The molecule has 1 atom stereocenters. The van der Waals surface area contributed by atoms with Crippen molar-refractivity contribution in [1.29, 1.82) is 0 Å². The summed E-state index contributed by atoms with van der Waals surface area (Å²) in [4.78, 5) is 4.30. The average Bonchev–Trinajstić information content (AvgIpc) is 2.54. The number of hydrogen-bond acceptors (Lipinski definition) is 3. The van der Waals surface area contributed by atoms with Crippen molar-refractivity contribution in [1.82, 2.24) is 4.98 Å². The molecule has 21 heavy (non-hydrogen) atoms. The fraction of sp³-hybridized carbons (Fsp3) is 0.167. The topological polar surface area (TPSA) is 42.4 Å². The molecule has 0 radical (unpaired) electrons. The SMILES string of the molecule is COc1cccc(C(C)(O)c2ccc3ncccc3c2)c1. The van der Waals surface area contributed by atoms with Crippen molar-refractivity contribution >= 4 is 10.9 Å². The lowest BCUT2D eigenvalue weighted by Crippen LogP contribution is -2.22. The molecule has 0 saturated carbocycles. The Morgan fingerprint density at radius 3 is 2.62 bits per heavy atom. The van der Waals surface area contributed by atoms with E-state index in [0.29, 0.717) is 0 Å². The van der Waals surface area contributed by atoms with E-state index in [1.54, 1.807) is 20.2 Å². The summed E-state index contributed by atoms with van der Waals surface area (Å²) in [7, 11) is 1.62. The van der Waals surface area contributed by atoms with Crippen molar-refractivity contribution in [2.24, 2.45) is 0 Å². The van der Waals surface area contributed by atoms with Gasteiger partial charge in [0, 0.05) is 11.6 Å². The smallest absolute Gasteiger partial charge is 0.119 e. The van der Waals surface area contributed by atoms with Crippen LogP contribution in [0.25, 0.3) is 10.9 Å². The highest BCUT2D eigenvalue weighted by Gasteiger charge is 2.26.